The summed E-state index contributed by atoms with van der Waals surface area (Å²) >= 11 is 0. The predicted molar refractivity (Wildman–Crippen MR) is 116 cm³/mol. The summed E-state index contributed by atoms with van der Waals surface area (Å²) in [4.78, 5) is 34.6. The number of nitrogens with one attached hydrogen (secondary N) is 1. The quantitative estimate of drug-likeness (QED) is 0.526. The molecule has 1 heterocycles. The first-order valence-electron chi connectivity index (χ1n) is 9.44. The topological polar surface area (TPSA) is 113 Å². The van der Waals surface area contributed by atoms with E-state index in [4.69, 9.17) is 0 Å². The molecule has 0 saturated carbocycles. The summed E-state index contributed by atoms with van der Waals surface area (Å²) in [6, 6.07) is 13.4. The van der Waals surface area contributed by atoms with Crippen LogP contribution in [-0.4, -0.2) is 42.6 Å². The molecule has 1 aliphatic heterocycles. The van der Waals surface area contributed by atoms with Crippen molar-refractivity contribution in [3.05, 3.63) is 72.3 Å². The van der Waals surface area contributed by atoms with Gasteiger partial charge in [-0.1, -0.05) is 36.4 Å². The molecule has 0 spiro atoms. The summed E-state index contributed by atoms with van der Waals surface area (Å²) in [6.45, 7) is 2.68. The summed E-state index contributed by atoms with van der Waals surface area (Å²) in [6.07, 6.45) is 3.24. The van der Waals surface area contributed by atoms with Crippen LogP contribution in [-0.2, 0) is 24.4 Å². The lowest BCUT2D eigenvalue weighted by Crippen LogP contribution is -2.37. The van der Waals surface area contributed by atoms with Gasteiger partial charge in [0.2, 0.25) is 5.91 Å². The van der Waals surface area contributed by atoms with E-state index in [1.54, 1.807) is 30.3 Å². The fourth-order valence-corrected chi connectivity index (χ4v) is 4.62. The molecule has 2 aromatic carbocycles. The average Bonchev–Trinajstić information content (AvgIpc) is 3.12. The molecular formula is C22H21N3O5S. The largest absolute Gasteiger partial charge is 0.326 e. The number of aldehydes is 1. The molecule has 0 saturated heterocycles. The molecular weight excluding hydrogens is 418 g/mol. The minimum absolute atomic E-state index is 0.0643. The van der Waals surface area contributed by atoms with Crippen LogP contribution in [0.4, 0.5) is 5.69 Å². The van der Waals surface area contributed by atoms with Crippen LogP contribution in [0.15, 0.2) is 76.7 Å². The van der Waals surface area contributed by atoms with Gasteiger partial charge in [-0.15, -0.1) is 0 Å². The van der Waals surface area contributed by atoms with Gasteiger partial charge in [0, 0.05) is 12.6 Å². The van der Waals surface area contributed by atoms with Gasteiger partial charge in [-0.3, -0.25) is 9.59 Å². The zero-order chi connectivity index (χ0) is 22.6. The highest BCUT2D eigenvalue weighted by Gasteiger charge is 2.42. The van der Waals surface area contributed by atoms with Crippen LogP contribution >= 0.6 is 0 Å². The number of ketones is 1. The number of nitrogens with zero attached hydrogens (tertiary/aromatic N) is 2. The first kappa shape index (κ1) is 22.1. The van der Waals surface area contributed by atoms with Gasteiger partial charge < -0.3 is 10.1 Å². The van der Waals surface area contributed by atoms with Crippen molar-refractivity contribution in [3.63, 3.8) is 0 Å². The Hall–Kier alpha value is -3.59. The number of sulfonamides is 1. The van der Waals surface area contributed by atoms with Crippen LogP contribution in [0.1, 0.15) is 19.4 Å². The fourth-order valence-electron chi connectivity index (χ4n) is 3.21. The molecule has 0 radical (unpaired) electrons. The van der Waals surface area contributed by atoms with Crippen molar-refractivity contribution in [1.82, 2.24) is 4.41 Å². The number of carbonyl (C=O) groups excluding carboxylic acids is 3. The summed E-state index contributed by atoms with van der Waals surface area (Å²) in [7, 11) is -4.15. The van der Waals surface area contributed by atoms with Crippen LogP contribution in [0.25, 0.3) is 0 Å². The van der Waals surface area contributed by atoms with E-state index in [1.807, 2.05) is 0 Å². The molecule has 160 valence electrons. The third-order valence-corrected chi connectivity index (χ3v) is 6.29. The van der Waals surface area contributed by atoms with Crippen LogP contribution in [0.2, 0.25) is 0 Å². The molecule has 1 N–H and O–H groups in total. The Labute approximate surface area is 180 Å². The predicted octanol–water partition coefficient (Wildman–Crippen LogP) is 2.38. The lowest BCUT2D eigenvalue weighted by Gasteiger charge is -2.22. The first-order chi connectivity index (χ1) is 14.7. The SMILES string of the molecule is CC(=O)/C=C\C1C(C=O)C(c2ccccc2)=NN1S(=O)(=O)c1ccc(NC(C)=O)cc1. The van der Waals surface area contributed by atoms with Crippen LogP contribution in [0, 0.1) is 5.92 Å². The number of carbonyl (C=O) groups is 3. The van der Waals surface area contributed by atoms with Gasteiger partial charge in [0.1, 0.15) is 6.29 Å². The van der Waals surface area contributed by atoms with E-state index in [2.05, 4.69) is 10.4 Å². The van der Waals surface area contributed by atoms with Gasteiger partial charge in [-0.05, 0) is 42.8 Å². The van der Waals surface area contributed by atoms with E-state index in [0.29, 0.717) is 23.2 Å². The number of hydrogen-bond acceptors (Lipinski definition) is 6. The zero-order valence-electron chi connectivity index (χ0n) is 16.9. The summed E-state index contributed by atoms with van der Waals surface area (Å²) in [5.74, 6) is -1.45. The molecule has 2 atom stereocenters. The number of anilines is 1. The third kappa shape index (κ3) is 4.77. The smallest absolute Gasteiger partial charge is 0.279 e. The number of rotatable bonds is 7. The molecule has 0 aromatic heterocycles. The lowest BCUT2D eigenvalue weighted by atomic mass is 9.92. The van der Waals surface area contributed by atoms with Gasteiger partial charge in [0.05, 0.1) is 22.6 Å². The Morgan fingerprint density at radius 1 is 1.03 bits per heavy atom. The van der Waals surface area contributed by atoms with E-state index >= 15 is 0 Å². The second-order valence-corrected chi connectivity index (χ2v) is 8.75. The molecule has 0 bridgehead atoms. The minimum Gasteiger partial charge on any atom is -0.326 e. The van der Waals surface area contributed by atoms with Crippen molar-refractivity contribution in [2.24, 2.45) is 11.0 Å². The molecule has 1 aliphatic rings. The van der Waals surface area contributed by atoms with E-state index in [-0.39, 0.29) is 16.6 Å². The van der Waals surface area contributed by atoms with Gasteiger partial charge in [0.15, 0.2) is 5.78 Å². The molecule has 1 amide bonds. The first-order valence-corrected chi connectivity index (χ1v) is 10.9. The van der Waals surface area contributed by atoms with Crippen LogP contribution < -0.4 is 5.32 Å². The average molecular weight is 439 g/mol. The van der Waals surface area contributed by atoms with Gasteiger partial charge in [-0.25, -0.2) is 0 Å². The van der Waals surface area contributed by atoms with Crippen molar-refractivity contribution < 1.29 is 22.8 Å². The highest BCUT2D eigenvalue weighted by atomic mass is 32.2. The van der Waals surface area contributed by atoms with Gasteiger partial charge in [0.25, 0.3) is 10.0 Å². The van der Waals surface area contributed by atoms with E-state index in [0.717, 1.165) is 4.41 Å². The lowest BCUT2D eigenvalue weighted by molar-refractivity contribution is -0.114. The van der Waals surface area contributed by atoms with E-state index in [9.17, 15) is 22.8 Å². The van der Waals surface area contributed by atoms with Crippen LogP contribution in [0.5, 0.6) is 0 Å². The second-order valence-electron chi connectivity index (χ2n) is 6.96. The Kier molecular flexibility index (Phi) is 6.45. The monoisotopic (exact) mass is 439 g/mol. The Morgan fingerprint density at radius 3 is 2.23 bits per heavy atom. The normalized spacial score (nSPS) is 18.6. The van der Waals surface area contributed by atoms with E-state index in [1.165, 1.54) is 50.3 Å². The maximum atomic E-state index is 13.4. The fraction of sp³-hybridized carbons (Fsp3) is 0.182. The summed E-state index contributed by atoms with van der Waals surface area (Å²) < 4.78 is 27.6. The molecule has 0 fully saturated rings. The van der Waals surface area contributed by atoms with Gasteiger partial charge in [-0.2, -0.15) is 17.9 Å². The Morgan fingerprint density at radius 2 is 1.68 bits per heavy atom. The highest BCUT2D eigenvalue weighted by Crippen LogP contribution is 2.31. The number of allylic oxidation sites excluding steroid dienone is 1. The minimum atomic E-state index is -4.15. The second kappa shape index (κ2) is 9.05. The molecule has 0 aliphatic carbocycles. The Bertz CT molecular complexity index is 1160. The van der Waals surface area contributed by atoms with Crippen LogP contribution in [0.3, 0.4) is 0 Å². The van der Waals surface area contributed by atoms with Crippen molar-refractivity contribution in [2.75, 3.05) is 5.32 Å². The molecule has 9 heteroatoms. The van der Waals surface area contributed by atoms with Gasteiger partial charge >= 0.3 is 0 Å². The maximum Gasteiger partial charge on any atom is 0.279 e. The molecule has 2 aromatic rings. The van der Waals surface area contributed by atoms with Crippen molar-refractivity contribution in [2.45, 2.75) is 24.8 Å². The molecule has 2 unspecified atom stereocenters. The van der Waals surface area contributed by atoms with Crippen molar-refractivity contribution in [3.8, 4) is 0 Å². The summed E-state index contributed by atoms with van der Waals surface area (Å²) in [5, 5.41) is 6.86. The van der Waals surface area contributed by atoms with E-state index < -0.39 is 22.0 Å². The molecule has 8 nitrogen and oxygen atoms in total. The van der Waals surface area contributed by atoms with Crippen molar-refractivity contribution >= 4 is 39.4 Å². The Balaban J connectivity index is 2.07. The maximum absolute atomic E-state index is 13.4. The third-order valence-electron chi connectivity index (χ3n) is 4.61. The molecule has 3 rings (SSSR count). The summed E-state index contributed by atoms with van der Waals surface area (Å²) in [5.41, 5.74) is 1.35. The number of hydrazone groups is 1. The number of amides is 1. The molecule has 31 heavy (non-hydrogen) atoms. The van der Waals surface area contributed by atoms with Crippen molar-refractivity contribution in [1.29, 1.82) is 0 Å². The zero-order valence-corrected chi connectivity index (χ0v) is 17.7. The number of benzene rings is 2. The number of hydrogen-bond donors (Lipinski definition) is 1. The highest BCUT2D eigenvalue weighted by molar-refractivity contribution is 7.89. The standard InChI is InChI=1S/C22H21N3O5S/c1-15(27)8-13-21-20(14-26)22(17-6-4-3-5-7-17)24-25(21)31(29,30)19-11-9-18(10-12-19)23-16(2)28/h3-14,20-21H,1-2H3,(H,23,28)/b13-8-.